The highest BCUT2D eigenvalue weighted by atomic mass is 16.5. The van der Waals surface area contributed by atoms with Crippen molar-refractivity contribution in [2.75, 3.05) is 36.9 Å². The molecule has 0 aliphatic carbocycles. The summed E-state index contributed by atoms with van der Waals surface area (Å²) in [4.78, 5) is 2.06. The predicted octanol–water partition coefficient (Wildman–Crippen LogP) is 1.88. The largest absolute Gasteiger partial charge is 0.493 e. The molecule has 0 amide bonds. The first-order valence-corrected chi connectivity index (χ1v) is 6.10. The fourth-order valence-electron chi connectivity index (χ4n) is 1.68. The lowest BCUT2D eigenvalue weighted by Crippen LogP contribution is -2.26. The Morgan fingerprint density at radius 2 is 2.06 bits per heavy atom. The van der Waals surface area contributed by atoms with Crippen molar-refractivity contribution in [3.63, 3.8) is 0 Å². The summed E-state index contributed by atoms with van der Waals surface area (Å²) in [6.07, 6.45) is 0.971. The van der Waals surface area contributed by atoms with Crippen molar-refractivity contribution in [3.8, 4) is 5.75 Å². The van der Waals surface area contributed by atoms with E-state index in [1.165, 1.54) is 0 Å². The highest BCUT2D eigenvalue weighted by molar-refractivity contribution is 5.60. The van der Waals surface area contributed by atoms with Crippen molar-refractivity contribution in [1.29, 1.82) is 0 Å². The van der Waals surface area contributed by atoms with Gasteiger partial charge in [0.25, 0.3) is 0 Å². The molecule has 17 heavy (non-hydrogen) atoms. The van der Waals surface area contributed by atoms with E-state index in [2.05, 4.69) is 11.8 Å². The number of nitrogens with zero attached hydrogens (tertiary/aromatic N) is 1. The molecule has 3 N–H and O–H groups in total. The minimum atomic E-state index is 0.133. The average molecular weight is 238 g/mol. The average Bonchev–Trinajstić information content (AvgIpc) is 2.32. The first-order chi connectivity index (χ1) is 8.21. The summed E-state index contributed by atoms with van der Waals surface area (Å²) in [5, 5.41) is 9.00. The zero-order valence-electron chi connectivity index (χ0n) is 10.6. The Labute approximate surface area is 103 Å². The summed E-state index contributed by atoms with van der Waals surface area (Å²) < 4.78 is 5.58. The van der Waals surface area contributed by atoms with E-state index >= 15 is 0 Å². The van der Waals surface area contributed by atoms with Crippen LogP contribution < -0.4 is 15.4 Å². The van der Waals surface area contributed by atoms with Crippen molar-refractivity contribution in [2.45, 2.75) is 20.3 Å². The molecule has 0 aromatic heterocycles. The van der Waals surface area contributed by atoms with Crippen molar-refractivity contribution in [1.82, 2.24) is 0 Å². The van der Waals surface area contributed by atoms with E-state index in [1.807, 2.05) is 25.1 Å². The van der Waals surface area contributed by atoms with Crippen LogP contribution in [-0.4, -0.2) is 31.4 Å². The third-order valence-corrected chi connectivity index (χ3v) is 2.50. The number of nitrogens with two attached hydrogens (primary N) is 1. The summed E-state index contributed by atoms with van der Waals surface area (Å²) in [7, 11) is 0. The van der Waals surface area contributed by atoms with Crippen molar-refractivity contribution < 1.29 is 9.84 Å². The molecule has 4 nitrogen and oxygen atoms in total. The van der Waals surface area contributed by atoms with Crippen molar-refractivity contribution >= 4 is 11.4 Å². The number of hydrogen-bond donors (Lipinski definition) is 2. The molecule has 0 radical (unpaired) electrons. The minimum Gasteiger partial charge on any atom is -0.493 e. The van der Waals surface area contributed by atoms with Gasteiger partial charge in [0, 0.05) is 36.6 Å². The Morgan fingerprint density at radius 3 is 2.65 bits per heavy atom. The molecule has 0 saturated heterocycles. The quantitative estimate of drug-likeness (QED) is 0.712. The zero-order valence-corrected chi connectivity index (χ0v) is 10.6. The van der Waals surface area contributed by atoms with Crippen LogP contribution in [0.1, 0.15) is 20.3 Å². The van der Waals surface area contributed by atoms with Crippen LogP contribution in [0, 0.1) is 0 Å². The SMILES string of the molecule is CCCOc1cc(N)cc(N(CC)CCO)c1. The van der Waals surface area contributed by atoms with Gasteiger partial charge in [-0.2, -0.15) is 0 Å². The molecule has 0 aliphatic rings. The lowest BCUT2D eigenvalue weighted by Gasteiger charge is -2.23. The molecule has 1 aromatic carbocycles. The second-order valence-electron chi connectivity index (χ2n) is 3.91. The number of anilines is 2. The number of rotatable bonds is 7. The molecule has 4 heteroatoms. The van der Waals surface area contributed by atoms with Gasteiger partial charge in [-0.1, -0.05) is 6.92 Å². The molecular formula is C13H22N2O2. The van der Waals surface area contributed by atoms with Gasteiger partial charge in [-0.15, -0.1) is 0 Å². The maximum atomic E-state index is 9.00. The molecule has 1 rings (SSSR count). The van der Waals surface area contributed by atoms with Crippen molar-refractivity contribution in [3.05, 3.63) is 18.2 Å². The Hall–Kier alpha value is -1.42. The number of likely N-dealkylation sites (N-methyl/N-ethyl adjacent to an activating group) is 1. The lowest BCUT2D eigenvalue weighted by molar-refractivity contribution is 0.302. The number of hydrogen-bond acceptors (Lipinski definition) is 4. The molecule has 0 spiro atoms. The van der Waals surface area contributed by atoms with Crippen LogP contribution in [0.5, 0.6) is 5.75 Å². The number of nitrogen functional groups attached to an aromatic ring is 1. The molecule has 0 saturated carbocycles. The van der Waals surface area contributed by atoms with E-state index in [0.717, 1.165) is 24.4 Å². The smallest absolute Gasteiger partial charge is 0.123 e. The van der Waals surface area contributed by atoms with Gasteiger partial charge >= 0.3 is 0 Å². The molecule has 96 valence electrons. The van der Waals surface area contributed by atoms with Crippen LogP contribution >= 0.6 is 0 Å². The second kappa shape index (κ2) is 7.01. The normalized spacial score (nSPS) is 10.3. The van der Waals surface area contributed by atoms with E-state index < -0.39 is 0 Å². The third-order valence-electron chi connectivity index (χ3n) is 2.50. The van der Waals surface area contributed by atoms with E-state index in [1.54, 1.807) is 0 Å². The maximum absolute atomic E-state index is 9.00. The topological polar surface area (TPSA) is 58.7 Å². The number of benzene rings is 1. The van der Waals surface area contributed by atoms with Gasteiger partial charge in [0.2, 0.25) is 0 Å². The fourth-order valence-corrected chi connectivity index (χ4v) is 1.68. The van der Waals surface area contributed by atoms with Gasteiger partial charge < -0.3 is 20.5 Å². The van der Waals surface area contributed by atoms with Gasteiger partial charge in [-0.25, -0.2) is 0 Å². The third kappa shape index (κ3) is 4.15. The molecule has 0 aliphatic heterocycles. The highest BCUT2D eigenvalue weighted by Gasteiger charge is 2.06. The van der Waals surface area contributed by atoms with Crippen LogP contribution in [-0.2, 0) is 0 Å². The first kappa shape index (κ1) is 13.6. The minimum absolute atomic E-state index is 0.133. The Morgan fingerprint density at radius 1 is 1.29 bits per heavy atom. The Kier molecular flexibility index (Phi) is 5.63. The predicted molar refractivity (Wildman–Crippen MR) is 71.6 cm³/mol. The molecule has 0 bridgehead atoms. The number of aliphatic hydroxyl groups is 1. The summed E-state index contributed by atoms with van der Waals surface area (Å²) >= 11 is 0. The van der Waals surface area contributed by atoms with Gasteiger partial charge in [-0.3, -0.25) is 0 Å². The monoisotopic (exact) mass is 238 g/mol. The Bertz CT molecular complexity index is 342. The Balaban J connectivity index is 2.86. The summed E-state index contributed by atoms with van der Waals surface area (Å²) in [5.41, 5.74) is 7.53. The first-order valence-electron chi connectivity index (χ1n) is 6.10. The van der Waals surface area contributed by atoms with E-state index in [9.17, 15) is 0 Å². The number of aliphatic hydroxyl groups excluding tert-OH is 1. The lowest BCUT2D eigenvalue weighted by atomic mass is 10.2. The van der Waals surface area contributed by atoms with Crippen LogP contribution in [0.4, 0.5) is 11.4 Å². The molecule has 0 atom stereocenters. The van der Waals surface area contributed by atoms with Crippen LogP contribution in [0.2, 0.25) is 0 Å². The molecule has 0 fully saturated rings. The summed E-state index contributed by atoms with van der Waals surface area (Å²) in [6.45, 7) is 6.37. The second-order valence-corrected chi connectivity index (χ2v) is 3.91. The molecule has 0 heterocycles. The van der Waals surface area contributed by atoms with Gasteiger partial charge in [0.05, 0.1) is 13.2 Å². The van der Waals surface area contributed by atoms with Crippen LogP contribution in [0.25, 0.3) is 0 Å². The van der Waals surface area contributed by atoms with E-state index in [4.69, 9.17) is 15.6 Å². The molecule has 1 aromatic rings. The molecular weight excluding hydrogens is 216 g/mol. The summed E-state index contributed by atoms with van der Waals surface area (Å²) in [6, 6.07) is 5.69. The van der Waals surface area contributed by atoms with E-state index in [0.29, 0.717) is 18.8 Å². The highest BCUT2D eigenvalue weighted by Crippen LogP contribution is 2.25. The van der Waals surface area contributed by atoms with Crippen molar-refractivity contribution in [2.24, 2.45) is 0 Å². The fraction of sp³-hybridized carbons (Fsp3) is 0.538. The zero-order chi connectivity index (χ0) is 12.7. The van der Waals surface area contributed by atoms with Crippen LogP contribution in [0.15, 0.2) is 18.2 Å². The van der Waals surface area contributed by atoms with Gasteiger partial charge in [0.1, 0.15) is 5.75 Å². The molecule has 0 unspecified atom stereocenters. The number of ether oxygens (including phenoxy) is 1. The van der Waals surface area contributed by atoms with Gasteiger partial charge in [0.15, 0.2) is 0 Å². The standard InChI is InChI=1S/C13H22N2O2/c1-3-7-17-13-9-11(14)8-12(10-13)15(4-2)5-6-16/h8-10,16H,3-7,14H2,1-2H3. The maximum Gasteiger partial charge on any atom is 0.123 e. The van der Waals surface area contributed by atoms with E-state index in [-0.39, 0.29) is 6.61 Å². The van der Waals surface area contributed by atoms with Gasteiger partial charge in [-0.05, 0) is 19.4 Å². The van der Waals surface area contributed by atoms with Crippen LogP contribution in [0.3, 0.4) is 0 Å². The summed E-state index contributed by atoms with van der Waals surface area (Å²) in [5.74, 6) is 0.790.